The molecule has 1 amide bonds. The molecule has 0 atom stereocenters. The number of thiophene rings is 1. The summed E-state index contributed by atoms with van der Waals surface area (Å²) in [5.41, 5.74) is 0.933. The highest BCUT2D eigenvalue weighted by Gasteiger charge is 2.12. The molecule has 0 aromatic carbocycles. The lowest BCUT2D eigenvalue weighted by atomic mass is 10.3. The second-order valence-corrected chi connectivity index (χ2v) is 6.65. The van der Waals surface area contributed by atoms with Crippen molar-refractivity contribution < 1.29 is 9.21 Å². The summed E-state index contributed by atoms with van der Waals surface area (Å²) in [5.74, 6) is 0.795. The molecule has 3 aromatic heterocycles. The van der Waals surface area contributed by atoms with Crippen molar-refractivity contribution in [3.05, 3.63) is 51.4 Å². The first kappa shape index (κ1) is 14.0. The molecule has 0 fully saturated rings. The molecule has 0 saturated carbocycles. The highest BCUT2D eigenvalue weighted by atomic mass is 32.1. The number of carbonyl (C=O) groups is 1. The quantitative estimate of drug-likeness (QED) is 0.781. The molecular formula is C15H14N2O2S2. The van der Waals surface area contributed by atoms with Gasteiger partial charge in [-0.3, -0.25) is 4.79 Å². The third-order valence-electron chi connectivity index (χ3n) is 2.99. The van der Waals surface area contributed by atoms with Gasteiger partial charge in [0.25, 0.3) is 0 Å². The van der Waals surface area contributed by atoms with E-state index in [1.165, 1.54) is 0 Å². The zero-order valence-electron chi connectivity index (χ0n) is 11.5. The van der Waals surface area contributed by atoms with Gasteiger partial charge >= 0.3 is 0 Å². The van der Waals surface area contributed by atoms with Crippen LogP contribution in [0, 0.1) is 6.92 Å². The van der Waals surface area contributed by atoms with Gasteiger partial charge in [0.1, 0.15) is 0 Å². The van der Waals surface area contributed by atoms with Crippen molar-refractivity contribution in [2.75, 3.05) is 0 Å². The third kappa shape index (κ3) is 3.40. The van der Waals surface area contributed by atoms with Crippen molar-refractivity contribution in [3.8, 4) is 10.8 Å². The summed E-state index contributed by atoms with van der Waals surface area (Å²) in [6, 6.07) is 7.65. The molecule has 0 aliphatic heterocycles. The van der Waals surface area contributed by atoms with Crippen molar-refractivity contribution in [1.29, 1.82) is 0 Å². The minimum absolute atomic E-state index is 0.0322. The van der Waals surface area contributed by atoms with E-state index in [1.54, 1.807) is 28.9 Å². The lowest BCUT2D eigenvalue weighted by molar-refractivity contribution is -0.120. The van der Waals surface area contributed by atoms with Gasteiger partial charge in [0, 0.05) is 9.75 Å². The number of hydrogen-bond acceptors (Lipinski definition) is 5. The Morgan fingerprint density at radius 3 is 3.00 bits per heavy atom. The molecule has 0 aliphatic rings. The molecule has 0 unspecified atom stereocenters. The number of nitrogens with zero attached hydrogens (tertiary/aromatic N) is 1. The summed E-state index contributed by atoms with van der Waals surface area (Å²) in [6.45, 7) is 2.46. The van der Waals surface area contributed by atoms with Gasteiger partial charge in [-0.15, -0.1) is 22.7 Å². The van der Waals surface area contributed by atoms with Crippen molar-refractivity contribution in [2.45, 2.75) is 19.9 Å². The number of thiazole rings is 1. The lowest BCUT2D eigenvalue weighted by Crippen LogP contribution is -2.24. The predicted octanol–water partition coefficient (Wildman–Crippen LogP) is 3.63. The van der Waals surface area contributed by atoms with Crippen LogP contribution in [0.5, 0.6) is 0 Å². The van der Waals surface area contributed by atoms with Gasteiger partial charge in [0.2, 0.25) is 5.91 Å². The molecule has 3 heterocycles. The molecule has 3 aromatic rings. The highest BCUT2D eigenvalue weighted by molar-refractivity contribution is 7.15. The van der Waals surface area contributed by atoms with Crippen molar-refractivity contribution in [2.24, 2.45) is 0 Å². The number of aromatic nitrogens is 1. The molecule has 0 bridgehead atoms. The second kappa shape index (κ2) is 6.24. The van der Waals surface area contributed by atoms with Crippen LogP contribution in [0.15, 0.2) is 40.3 Å². The Kier molecular flexibility index (Phi) is 4.17. The van der Waals surface area contributed by atoms with Crippen LogP contribution in [0.2, 0.25) is 0 Å². The maximum absolute atomic E-state index is 11.9. The number of nitrogens with one attached hydrogen (secondary N) is 1. The van der Waals surface area contributed by atoms with Crippen LogP contribution >= 0.6 is 22.7 Å². The predicted molar refractivity (Wildman–Crippen MR) is 84.4 cm³/mol. The Labute approximate surface area is 130 Å². The zero-order valence-corrected chi connectivity index (χ0v) is 13.1. The van der Waals surface area contributed by atoms with Crippen LogP contribution in [0.1, 0.15) is 15.4 Å². The van der Waals surface area contributed by atoms with Crippen molar-refractivity contribution >= 4 is 28.6 Å². The minimum atomic E-state index is 0.0322. The summed E-state index contributed by atoms with van der Waals surface area (Å²) in [7, 11) is 0. The molecule has 0 spiro atoms. The van der Waals surface area contributed by atoms with E-state index in [2.05, 4.69) is 10.3 Å². The topological polar surface area (TPSA) is 55.1 Å². The fraction of sp³-hybridized carbons (Fsp3) is 0.200. The van der Waals surface area contributed by atoms with E-state index in [0.29, 0.717) is 13.0 Å². The van der Waals surface area contributed by atoms with E-state index in [-0.39, 0.29) is 5.91 Å². The van der Waals surface area contributed by atoms with Crippen molar-refractivity contribution in [1.82, 2.24) is 10.3 Å². The standard InChI is InChI=1S/C15H14N2O2S2/c1-10-13(21-15(17-10)12-5-2-6-19-12)9-16-14(18)8-11-4-3-7-20-11/h2-7H,8-9H2,1H3,(H,16,18). The molecule has 0 radical (unpaired) electrons. The highest BCUT2D eigenvalue weighted by Crippen LogP contribution is 2.28. The average Bonchev–Trinajstić information content (AvgIpc) is 3.17. The Hall–Kier alpha value is -1.92. The Balaban J connectivity index is 1.61. The van der Waals surface area contributed by atoms with Crippen LogP contribution in [0.3, 0.4) is 0 Å². The monoisotopic (exact) mass is 318 g/mol. The van der Waals surface area contributed by atoms with E-state index < -0.39 is 0 Å². The molecule has 0 saturated heterocycles. The van der Waals surface area contributed by atoms with Gasteiger partial charge in [-0.25, -0.2) is 4.98 Å². The molecule has 0 aliphatic carbocycles. The number of furan rings is 1. The fourth-order valence-electron chi connectivity index (χ4n) is 1.91. The summed E-state index contributed by atoms with van der Waals surface area (Å²) >= 11 is 3.15. The molecule has 6 heteroatoms. The summed E-state index contributed by atoms with van der Waals surface area (Å²) in [6.07, 6.45) is 2.06. The zero-order chi connectivity index (χ0) is 14.7. The number of rotatable bonds is 5. The Morgan fingerprint density at radius 1 is 1.38 bits per heavy atom. The maximum Gasteiger partial charge on any atom is 0.225 e. The molecule has 21 heavy (non-hydrogen) atoms. The van der Waals surface area contributed by atoms with Crippen LogP contribution < -0.4 is 5.32 Å². The second-order valence-electron chi connectivity index (χ2n) is 4.54. The smallest absolute Gasteiger partial charge is 0.225 e. The van der Waals surface area contributed by atoms with Crippen molar-refractivity contribution in [3.63, 3.8) is 0 Å². The fourth-order valence-corrected chi connectivity index (χ4v) is 3.58. The van der Waals surface area contributed by atoms with Gasteiger partial charge in [-0.05, 0) is 30.5 Å². The largest absolute Gasteiger partial charge is 0.462 e. The first-order valence-corrected chi connectivity index (χ1v) is 8.21. The van der Waals surface area contributed by atoms with Crippen LogP contribution in [0.25, 0.3) is 10.8 Å². The molecule has 108 valence electrons. The summed E-state index contributed by atoms with van der Waals surface area (Å²) in [5, 5.41) is 5.77. The lowest BCUT2D eigenvalue weighted by Gasteiger charge is -2.02. The third-order valence-corrected chi connectivity index (χ3v) is 5.03. The first-order chi connectivity index (χ1) is 10.2. The summed E-state index contributed by atoms with van der Waals surface area (Å²) in [4.78, 5) is 18.5. The van der Waals surface area contributed by atoms with E-state index in [4.69, 9.17) is 4.42 Å². The molecule has 4 nitrogen and oxygen atoms in total. The number of hydrogen-bond donors (Lipinski definition) is 1. The van der Waals surface area contributed by atoms with Crippen LogP contribution in [-0.2, 0) is 17.8 Å². The Morgan fingerprint density at radius 2 is 2.29 bits per heavy atom. The summed E-state index contributed by atoms with van der Waals surface area (Å²) < 4.78 is 5.35. The number of carbonyl (C=O) groups excluding carboxylic acids is 1. The van der Waals surface area contributed by atoms with E-state index in [1.807, 2.05) is 36.6 Å². The van der Waals surface area contributed by atoms with E-state index >= 15 is 0 Å². The average molecular weight is 318 g/mol. The van der Waals surface area contributed by atoms with Crippen LogP contribution in [-0.4, -0.2) is 10.9 Å². The van der Waals surface area contributed by atoms with Crippen LogP contribution in [0.4, 0.5) is 0 Å². The number of amides is 1. The van der Waals surface area contributed by atoms with E-state index in [0.717, 1.165) is 26.2 Å². The van der Waals surface area contributed by atoms with E-state index in [9.17, 15) is 4.79 Å². The van der Waals surface area contributed by atoms with Gasteiger partial charge in [0.15, 0.2) is 10.8 Å². The molecule has 3 rings (SSSR count). The van der Waals surface area contributed by atoms with Gasteiger partial charge < -0.3 is 9.73 Å². The number of aryl methyl sites for hydroxylation is 1. The minimum Gasteiger partial charge on any atom is -0.462 e. The van der Waals surface area contributed by atoms with Gasteiger partial charge in [0.05, 0.1) is 24.9 Å². The van der Waals surface area contributed by atoms with Gasteiger partial charge in [-0.1, -0.05) is 6.07 Å². The first-order valence-electron chi connectivity index (χ1n) is 6.51. The molecule has 1 N–H and O–H groups in total. The molecular weight excluding hydrogens is 304 g/mol. The van der Waals surface area contributed by atoms with Gasteiger partial charge in [-0.2, -0.15) is 0 Å². The Bertz CT molecular complexity index is 715. The normalized spacial score (nSPS) is 10.7. The SMILES string of the molecule is Cc1nc(-c2ccco2)sc1CNC(=O)Cc1cccs1. The maximum atomic E-state index is 11.9.